The molecule has 0 saturated carbocycles. The number of anilines is 1. The number of esters is 1. The van der Waals surface area contributed by atoms with Crippen molar-refractivity contribution in [2.24, 2.45) is 4.99 Å². The van der Waals surface area contributed by atoms with Crippen LogP contribution in [0.25, 0.3) is 0 Å². The fraction of sp³-hybridized carbons (Fsp3) is 0.545. The van der Waals surface area contributed by atoms with Crippen molar-refractivity contribution in [1.82, 2.24) is 9.78 Å². The van der Waals surface area contributed by atoms with Gasteiger partial charge in [0.25, 0.3) is 0 Å². The van der Waals surface area contributed by atoms with Gasteiger partial charge in [-0.05, 0) is 12.8 Å². The molecule has 17 heavy (non-hydrogen) atoms. The van der Waals surface area contributed by atoms with Gasteiger partial charge >= 0.3 is 5.97 Å². The highest BCUT2D eigenvalue weighted by Gasteiger charge is 2.08. The first-order chi connectivity index (χ1) is 8.28. The van der Waals surface area contributed by atoms with Crippen molar-refractivity contribution in [3.63, 3.8) is 0 Å². The first kappa shape index (κ1) is 11.6. The molecule has 0 atom stereocenters. The lowest BCUT2D eigenvalue weighted by molar-refractivity contribution is -0.141. The van der Waals surface area contributed by atoms with E-state index in [0.717, 1.165) is 30.9 Å². The number of nitrogens with one attached hydrogen (secondary N) is 1. The third-order valence-electron chi connectivity index (χ3n) is 2.56. The molecule has 1 aliphatic heterocycles. The van der Waals surface area contributed by atoms with Crippen LogP contribution in [0.4, 0.5) is 5.69 Å². The van der Waals surface area contributed by atoms with Crippen LogP contribution in [0.3, 0.4) is 0 Å². The van der Waals surface area contributed by atoms with Crippen molar-refractivity contribution in [2.75, 3.05) is 19.0 Å². The summed E-state index contributed by atoms with van der Waals surface area (Å²) >= 11 is 0. The number of ether oxygens (including phenoxy) is 1. The minimum absolute atomic E-state index is 0.130. The standard InChI is InChI=1S/C11H16N4O2/c1-17-11(16)8-15-7-9(6-13-15)14-10-4-2-3-5-12-10/h6-7H,2-5,8H2,1H3,(H,12,14). The number of nitrogens with zero attached hydrogens (tertiary/aromatic N) is 3. The van der Waals surface area contributed by atoms with Crippen LogP contribution in [-0.4, -0.2) is 35.2 Å². The Bertz CT molecular complexity index is 425. The van der Waals surface area contributed by atoms with E-state index in [-0.39, 0.29) is 12.5 Å². The highest BCUT2D eigenvalue weighted by Crippen LogP contribution is 2.11. The lowest BCUT2D eigenvalue weighted by Gasteiger charge is -2.12. The van der Waals surface area contributed by atoms with Crippen LogP contribution < -0.4 is 5.32 Å². The Hall–Kier alpha value is -1.85. The van der Waals surface area contributed by atoms with E-state index in [1.807, 2.05) is 0 Å². The Kier molecular flexibility index (Phi) is 3.74. The molecule has 0 bridgehead atoms. The molecule has 2 heterocycles. The predicted molar refractivity (Wildman–Crippen MR) is 64.0 cm³/mol. The summed E-state index contributed by atoms with van der Waals surface area (Å²) in [7, 11) is 1.36. The summed E-state index contributed by atoms with van der Waals surface area (Å²) in [5.74, 6) is 0.684. The van der Waals surface area contributed by atoms with Gasteiger partial charge in [-0.25, -0.2) is 0 Å². The first-order valence-electron chi connectivity index (χ1n) is 5.67. The Labute approximate surface area is 99.7 Å². The largest absolute Gasteiger partial charge is 0.468 e. The van der Waals surface area contributed by atoms with Crippen molar-refractivity contribution in [2.45, 2.75) is 25.8 Å². The lowest BCUT2D eigenvalue weighted by Crippen LogP contribution is -2.16. The van der Waals surface area contributed by atoms with Crippen LogP contribution in [-0.2, 0) is 16.1 Å². The molecule has 92 valence electrons. The maximum Gasteiger partial charge on any atom is 0.327 e. The van der Waals surface area contributed by atoms with Gasteiger partial charge in [0.2, 0.25) is 0 Å². The van der Waals surface area contributed by atoms with Crippen LogP contribution in [0.2, 0.25) is 0 Å². The molecule has 0 amide bonds. The van der Waals surface area contributed by atoms with E-state index in [2.05, 4.69) is 20.1 Å². The summed E-state index contributed by atoms with van der Waals surface area (Å²) in [6, 6.07) is 0. The van der Waals surface area contributed by atoms with E-state index in [1.165, 1.54) is 18.2 Å². The molecule has 2 rings (SSSR count). The number of carbonyl (C=O) groups is 1. The highest BCUT2D eigenvalue weighted by molar-refractivity contribution is 5.95. The van der Waals surface area contributed by atoms with Gasteiger partial charge in [0.1, 0.15) is 12.4 Å². The molecule has 0 radical (unpaired) electrons. The quantitative estimate of drug-likeness (QED) is 0.796. The molecule has 0 unspecified atom stereocenters. The first-order valence-corrected chi connectivity index (χ1v) is 5.67. The maximum atomic E-state index is 11.1. The molecule has 0 aliphatic carbocycles. The third kappa shape index (κ3) is 3.30. The third-order valence-corrected chi connectivity index (χ3v) is 2.56. The summed E-state index contributed by atoms with van der Waals surface area (Å²) in [6.45, 7) is 1.02. The van der Waals surface area contributed by atoms with Crippen molar-refractivity contribution >= 4 is 17.5 Å². The van der Waals surface area contributed by atoms with Crippen molar-refractivity contribution in [3.05, 3.63) is 12.4 Å². The molecule has 0 fully saturated rings. The fourth-order valence-electron chi connectivity index (χ4n) is 1.68. The van der Waals surface area contributed by atoms with Crippen LogP contribution in [0.5, 0.6) is 0 Å². The summed E-state index contributed by atoms with van der Waals surface area (Å²) in [4.78, 5) is 15.4. The number of aromatic nitrogens is 2. The van der Waals surface area contributed by atoms with Crippen LogP contribution >= 0.6 is 0 Å². The number of aliphatic imine (C=N–C) groups is 1. The van der Waals surface area contributed by atoms with Crippen LogP contribution in [0.15, 0.2) is 17.4 Å². The zero-order valence-electron chi connectivity index (χ0n) is 9.85. The minimum Gasteiger partial charge on any atom is -0.468 e. The van der Waals surface area contributed by atoms with Gasteiger partial charge in [-0.1, -0.05) is 0 Å². The molecular weight excluding hydrogens is 220 g/mol. The number of methoxy groups -OCH3 is 1. The fourth-order valence-corrected chi connectivity index (χ4v) is 1.68. The number of hydrogen-bond donors (Lipinski definition) is 1. The van der Waals surface area contributed by atoms with E-state index >= 15 is 0 Å². The normalized spacial score (nSPS) is 15.2. The van der Waals surface area contributed by atoms with E-state index in [0.29, 0.717) is 0 Å². The lowest BCUT2D eigenvalue weighted by atomic mass is 10.2. The number of hydrogen-bond acceptors (Lipinski definition) is 5. The van der Waals surface area contributed by atoms with Gasteiger partial charge < -0.3 is 10.1 Å². The molecule has 6 heteroatoms. The molecule has 1 aromatic rings. The number of rotatable bonds is 3. The Balaban J connectivity index is 1.93. The summed E-state index contributed by atoms with van der Waals surface area (Å²) < 4.78 is 6.11. The second kappa shape index (κ2) is 5.47. The second-order valence-corrected chi connectivity index (χ2v) is 3.91. The molecule has 0 saturated heterocycles. The van der Waals surface area contributed by atoms with Crippen LogP contribution in [0, 0.1) is 0 Å². The van der Waals surface area contributed by atoms with Gasteiger partial charge in [-0.15, -0.1) is 0 Å². The summed E-state index contributed by atoms with van der Waals surface area (Å²) in [6.07, 6.45) is 6.76. The van der Waals surface area contributed by atoms with Gasteiger partial charge in [0.05, 0.1) is 19.0 Å². The van der Waals surface area contributed by atoms with Crippen molar-refractivity contribution in [3.8, 4) is 0 Å². The maximum absolute atomic E-state index is 11.1. The van der Waals surface area contributed by atoms with E-state index in [4.69, 9.17) is 0 Å². The average Bonchev–Trinajstić information content (AvgIpc) is 2.77. The number of amidine groups is 1. The molecule has 6 nitrogen and oxygen atoms in total. The Morgan fingerprint density at radius 3 is 3.18 bits per heavy atom. The van der Waals surface area contributed by atoms with Gasteiger partial charge in [-0.3, -0.25) is 14.5 Å². The van der Waals surface area contributed by atoms with Gasteiger partial charge in [0, 0.05) is 19.2 Å². The Morgan fingerprint density at radius 1 is 1.59 bits per heavy atom. The topological polar surface area (TPSA) is 68.5 Å². The van der Waals surface area contributed by atoms with Crippen LogP contribution in [0.1, 0.15) is 19.3 Å². The van der Waals surface area contributed by atoms with Gasteiger partial charge in [0.15, 0.2) is 0 Å². The highest BCUT2D eigenvalue weighted by atomic mass is 16.5. The van der Waals surface area contributed by atoms with Gasteiger partial charge in [-0.2, -0.15) is 5.10 Å². The van der Waals surface area contributed by atoms with Crippen molar-refractivity contribution < 1.29 is 9.53 Å². The molecule has 1 aromatic heterocycles. The zero-order valence-corrected chi connectivity index (χ0v) is 9.85. The van der Waals surface area contributed by atoms with E-state index < -0.39 is 0 Å². The zero-order chi connectivity index (χ0) is 12.1. The molecular formula is C11H16N4O2. The van der Waals surface area contributed by atoms with Crippen molar-refractivity contribution in [1.29, 1.82) is 0 Å². The minimum atomic E-state index is -0.311. The SMILES string of the molecule is COC(=O)Cn1cc(NC2=NCCCC2)cn1. The second-order valence-electron chi connectivity index (χ2n) is 3.91. The monoisotopic (exact) mass is 236 g/mol. The predicted octanol–water partition coefficient (Wildman–Crippen LogP) is 1.05. The average molecular weight is 236 g/mol. The molecule has 0 spiro atoms. The summed E-state index contributed by atoms with van der Waals surface area (Å²) in [5, 5.41) is 7.27. The van der Waals surface area contributed by atoms with E-state index in [9.17, 15) is 4.79 Å². The van der Waals surface area contributed by atoms with E-state index in [1.54, 1.807) is 12.4 Å². The summed E-state index contributed by atoms with van der Waals surface area (Å²) in [5.41, 5.74) is 0.856. The molecule has 0 aromatic carbocycles. The smallest absolute Gasteiger partial charge is 0.327 e. The Morgan fingerprint density at radius 2 is 2.47 bits per heavy atom. The molecule has 1 N–H and O–H groups in total. The molecule has 1 aliphatic rings. The number of carbonyl (C=O) groups excluding carboxylic acids is 1.